The molecule has 6 heteroatoms. The van der Waals surface area contributed by atoms with Crippen molar-refractivity contribution in [2.75, 3.05) is 20.1 Å². The monoisotopic (exact) mass is 309 g/mol. The second-order valence-corrected chi connectivity index (χ2v) is 6.10. The Kier molecular flexibility index (Phi) is 3.67. The van der Waals surface area contributed by atoms with Crippen molar-refractivity contribution in [3.63, 3.8) is 0 Å². The third-order valence-corrected chi connectivity index (χ3v) is 4.24. The second kappa shape index (κ2) is 5.96. The largest absolute Gasteiger partial charge is 0.339 e. The molecule has 0 bridgehead atoms. The Bertz CT molecular complexity index is 779. The zero-order chi connectivity index (χ0) is 15.6. The van der Waals surface area contributed by atoms with Gasteiger partial charge in [0.2, 0.25) is 5.89 Å². The molecule has 0 spiro atoms. The maximum absolute atomic E-state index is 5.45. The van der Waals surface area contributed by atoms with E-state index < -0.39 is 0 Å². The van der Waals surface area contributed by atoms with Gasteiger partial charge < -0.3 is 9.42 Å². The van der Waals surface area contributed by atoms with Crippen molar-refractivity contribution in [3.05, 3.63) is 60.0 Å². The number of para-hydroxylation sites is 1. The summed E-state index contributed by atoms with van der Waals surface area (Å²) in [6.45, 7) is 2.08. The van der Waals surface area contributed by atoms with Crippen molar-refractivity contribution in [2.45, 2.75) is 18.8 Å². The van der Waals surface area contributed by atoms with Crippen LogP contribution in [0.15, 0.2) is 47.2 Å². The Morgan fingerprint density at radius 2 is 2.13 bits per heavy atom. The zero-order valence-corrected chi connectivity index (χ0v) is 13.1. The van der Waals surface area contributed by atoms with Crippen LogP contribution in [0, 0.1) is 0 Å². The van der Waals surface area contributed by atoms with Crippen LogP contribution in [0.1, 0.15) is 29.6 Å². The second-order valence-electron chi connectivity index (χ2n) is 6.10. The van der Waals surface area contributed by atoms with E-state index in [0.29, 0.717) is 12.3 Å². The molecule has 1 fully saturated rings. The fourth-order valence-corrected chi connectivity index (χ4v) is 3.00. The number of likely N-dealkylation sites (N-methyl/N-ethyl adjacent to an activating group) is 1. The molecule has 1 atom stereocenters. The van der Waals surface area contributed by atoms with Gasteiger partial charge in [0, 0.05) is 19.2 Å². The summed E-state index contributed by atoms with van der Waals surface area (Å²) in [6, 6.07) is 10.1. The highest BCUT2D eigenvalue weighted by Gasteiger charge is 2.26. The Labute approximate surface area is 134 Å². The molecule has 0 amide bonds. The van der Waals surface area contributed by atoms with Crippen molar-refractivity contribution < 1.29 is 4.52 Å². The summed E-state index contributed by atoms with van der Waals surface area (Å²) in [4.78, 5) is 6.85. The molecule has 0 unspecified atom stereocenters. The summed E-state index contributed by atoms with van der Waals surface area (Å²) in [5.41, 5.74) is 2.12. The van der Waals surface area contributed by atoms with E-state index in [-0.39, 0.29) is 0 Å². The number of benzene rings is 1. The molecule has 1 aliphatic rings. The van der Waals surface area contributed by atoms with Gasteiger partial charge in [-0.25, -0.2) is 4.68 Å². The summed E-state index contributed by atoms with van der Waals surface area (Å²) >= 11 is 0. The molecule has 4 rings (SSSR count). The highest BCUT2D eigenvalue weighted by molar-refractivity contribution is 5.31. The van der Waals surface area contributed by atoms with Gasteiger partial charge in [0.1, 0.15) is 0 Å². The van der Waals surface area contributed by atoms with Crippen molar-refractivity contribution >= 4 is 0 Å². The first-order valence-corrected chi connectivity index (χ1v) is 7.88. The first-order chi connectivity index (χ1) is 11.3. The third kappa shape index (κ3) is 3.03. The average Bonchev–Trinajstić information content (AvgIpc) is 3.29. The summed E-state index contributed by atoms with van der Waals surface area (Å²) in [5.74, 6) is 1.86. The zero-order valence-electron chi connectivity index (χ0n) is 13.1. The minimum absolute atomic E-state index is 0.369. The Balaban J connectivity index is 1.47. The van der Waals surface area contributed by atoms with E-state index in [1.54, 1.807) is 0 Å². The molecule has 3 aromatic rings. The molecule has 23 heavy (non-hydrogen) atoms. The van der Waals surface area contributed by atoms with Crippen molar-refractivity contribution in [1.82, 2.24) is 24.8 Å². The molecule has 1 aromatic carbocycles. The third-order valence-electron chi connectivity index (χ3n) is 4.24. The van der Waals surface area contributed by atoms with E-state index in [2.05, 4.69) is 27.2 Å². The molecular weight excluding hydrogens is 290 g/mol. The number of likely N-dealkylation sites (tertiary alicyclic amines) is 1. The van der Waals surface area contributed by atoms with Gasteiger partial charge in [-0.05, 0) is 37.7 Å². The van der Waals surface area contributed by atoms with Gasteiger partial charge in [0.05, 0.1) is 17.8 Å². The fraction of sp³-hybridized carbons (Fsp3) is 0.353. The topological polar surface area (TPSA) is 60.0 Å². The highest BCUT2D eigenvalue weighted by atomic mass is 16.5. The van der Waals surface area contributed by atoms with Gasteiger partial charge in [-0.2, -0.15) is 10.1 Å². The van der Waals surface area contributed by atoms with E-state index in [0.717, 1.165) is 42.5 Å². The molecule has 1 saturated heterocycles. The minimum Gasteiger partial charge on any atom is -0.339 e. The number of hydrogen-bond acceptors (Lipinski definition) is 5. The molecule has 118 valence electrons. The van der Waals surface area contributed by atoms with Crippen LogP contribution >= 0.6 is 0 Å². The van der Waals surface area contributed by atoms with Crippen molar-refractivity contribution in [2.24, 2.45) is 0 Å². The molecule has 6 nitrogen and oxygen atoms in total. The average molecular weight is 309 g/mol. The smallest absolute Gasteiger partial charge is 0.231 e. The summed E-state index contributed by atoms with van der Waals surface area (Å²) < 4.78 is 7.31. The van der Waals surface area contributed by atoms with Gasteiger partial charge in [-0.1, -0.05) is 23.4 Å². The Morgan fingerprint density at radius 1 is 1.26 bits per heavy atom. The van der Waals surface area contributed by atoms with Gasteiger partial charge in [-0.15, -0.1) is 0 Å². The minimum atomic E-state index is 0.369. The molecule has 2 aromatic heterocycles. The molecule has 1 aliphatic heterocycles. The summed E-state index contributed by atoms with van der Waals surface area (Å²) in [5, 5.41) is 8.52. The summed E-state index contributed by atoms with van der Waals surface area (Å²) in [7, 11) is 2.12. The molecular formula is C17H19N5O. The first-order valence-electron chi connectivity index (χ1n) is 7.88. The van der Waals surface area contributed by atoms with E-state index in [1.807, 2.05) is 47.4 Å². The molecule has 0 aliphatic carbocycles. The Hall–Kier alpha value is -2.47. The lowest BCUT2D eigenvalue weighted by molar-refractivity contribution is 0.342. The molecule has 0 N–H and O–H groups in total. The number of rotatable bonds is 4. The molecule has 3 heterocycles. The van der Waals surface area contributed by atoms with Gasteiger partial charge in [0.25, 0.3) is 0 Å². The number of hydrogen-bond donors (Lipinski definition) is 0. The maximum Gasteiger partial charge on any atom is 0.231 e. The van der Waals surface area contributed by atoms with Crippen molar-refractivity contribution in [3.8, 4) is 5.69 Å². The summed E-state index contributed by atoms with van der Waals surface area (Å²) in [6.07, 6.45) is 5.59. The van der Waals surface area contributed by atoms with Crippen molar-refractivity contribution in [1.29, 1.82) is 0 Å². The molecule has 0 saturated carbocycles. The maximum atomic E-state index is 5.45. The van der Waals surface area contributed by atoms with E-state index in [4.69, 9.17) is 4.52 Å². The lowest BCUT2D eigenvalue weighted by atomic mass is 10.1. The number of nitrogens with zero attached hydrogens (tertiary/aromatic N) is 5. The van der Waals surface area contributed by atoms with Gasteiger partial charge in [0.15, 0.2) is 5.82 Å². The lowest BCUT2D eigenvalue weighted by Crippen LogP contribution is -2.13. The van der Waals surface area contributed by atoms with Crippen LogP contribution in [0.4, 0.5) is 0 Å². The van der Waals surface area contributed by atoms with Crippen LogP contribution in [0.5, 0.6) is 0 Å². The SMILES string of the molecule is CN1CC[C@H](c2nc(Cc3cnn(-c4ccccc4)c3)no2)C1. The highest BCUT2D eigenvalue weighted by Crippen LogP contribution is 2.25. The molecule has 0 radical (unpaired) electrons. The van der Waals surface area contributed by atoms with Crippen LogP contribution in [-0.4, -0.2) is 45.0 Å². The van der Waals surface area contributed by atoms with E-state index in [9.17, 15) is 0 Å². The Morgan fingerprint density at radius 3 is 2.91 bits per heavy atom. The normalized spacial score (nSPS) is 18.6. The van der Waals surface area contributed by atoms with Crippen LogP contribution in [-0.2, 0) is 6.42 Å². The lowest BCUT2D eigenvalue weighted by Gasteiger charge is -2.04. The van der Waals surface area contributed by atoms with Gasteiger partial charge in [-0.3, -0.25) is 0 Å². The van der Waals surface area contributed by atoms with E-state index >= 15 is 0 Å². The standard InChI is InChI=1S/C17H19N5O/c1-21-8-7-14(12-21)17-19-16(20-23-17)9-13-10-18-22(11-13)15-5-3-2-4-6-15/h2-6,10-11,14H,7-9,12H2,1H3/t14-/m0/s1. The van der Waals surface area contributed by atoms with Crippen LogP contribution in [0.3, 0.4) is 0 Å². The van der Waals surface area contributed by atoms with Gasteiger partial charge >= 0.3 is 0 Å². The predicted molar refractivity (Wildman–Crippen MR) is 85.5 cm³/mol. The van der Waals surface area contributed by atoms with E-state index in [1.165, 1.54) is 0 Å². The van der Waals surface area contributed by atoms with Crippen LogP contribution in [0.2, 0.25) is 0 Å². The number of aromatic nitrogens is 4. The fourth-order valence-electron chi connectivity index (χ4n) is 3.00. The van der Waals surface area contributed by atoms with Crippen LogP contribution in [0.25, 0.3) is 5.69 Å². The first kappa shape index (κ1) is 14.1. The quantitative estimate of drug-likeness (QED) is 0.740. The predicted octanol–water partition coefficient (Wildman–Crippen LogP) is 2.27. The van der Waals surface area contributed by atoms with Crippen LogP contribution < -0.4 is 0 Å².